The van der Waals surface area contributed by atoms with Crippen molar-refractivity contribution in [2.45, 2.75) is 13.0 Å². The fourth-order valence-electron chi connectivity index (χ4n) is 2.71. The van der Waals surface area contributed by atoms with E-state index in [1.807, 2.05) is 6.07 Å². The van der Waals surface area contributed by atoms with Crippen molar-refractivity contribution in [3.63, 3.8) is 0 Å². The highest BCUT2D eigenvalue weighted by atomic mass is 16.5. The molecule has 112 valence electrons. The number of methoxy groups -OCH3 is 1. The van der Waals surface area contributed by atoms with E-state index in [-0.39, 0.29) is 11.6 Å². The Morgan fingerprint density at radius 1 is 1.14 bits per heavy atom. The molecule has 0 fully saturated rings. The fraction of sp³-hybridized carbons (Fsp3) is 0.222. The number of ether oxygens (including phenoxy) is 2. The lowest BCUT2D eigenvalue weighted by atomic mass is 9.84. The Bertz CT molecular complexity index is 735. The number of para-hydroxylation sites is 1. The van der Waals surface area contributed by atoms with Crippen LogP contribution in [-0.4, -0.2) is 24.8 Å². The van der Waals surface area contributed by atoms with Crippen LogP contribution in [0.15, 0.2) is 48.5 Å². The summed E-state index contributed by atoms with van der Waals surface area (Å²) in [5.74, 6) is -0.146. The van der Waals surface area contributed by atoms with Crippen LogP contribution in [0.3, 0.4) is 0 Å². The van der Waals surface area contributed by atoms with E-state index in [1.54, 1.807) is 49.4 Å². The van der Waals surface area contributed by atoms with Crippen molar-refractivity contribution < 1.29 is 19.1 Å². The molecule has 0 amide bonds. The van der Waals surface area contributed by atoms with Gasteiger partial charge in [0.2, 0.25) is 0 Å². The molecule has 1 aliphatic heterocycles. The summed E-state index contributed by atoms with van der Waals surface area (Å²) in [6.07, 6.45) is -0.499. The highest BCUT2D eigenvalue weighted by molar-refractivity contribution is 6.18. The van der Waals surface area contributed by atoms with E-state index in [9.17, 15) is 9.59 Å². The Morgan fingerprint density at radius 2 is 1.91 bits per heavy atom. The number of benzene rings is 2. The van der Waals surface area contributed by atoms with E-state index in [2.05, 4.69) is 0 Å². The molecule has 0 saturated heterocycles. The van der Waals surface area contributed by atoms with Crippen molar-refractivity contribution in [3.05, 3.63) is 59.7 Å². The summed E-state index contributed by atoms with van der Waals surface area (Å²) in [6.45, 7) is 1.75. The zero-order valence-electron chi connectivity index (χ0n) is 12.4. The second kappa shape index (κ2) is 5.64. The predicted octanol–water partition coefficient (Wildman–Crippen LogP) is 3.16. The SMILES string of the molecule is COc1cccc(C(=O)C2C(=O)c3ccccc3O[C@H]2C)c1. The minimum Gasteiger partial charge on any atom is -0.497 e. The highest BCUT2D eigenvalue weighted by Gasteiger charge is 2.39. The van der Waals surface area contributed by atoms with Crippen LogP contribution < -0.4 is 9.47 Å². The molecule has 2 atom stereocenters. The molecule has 0 aliphatic carbocycles. The van der Waals surface area contributed by atoms with Gasteiger partial charge >= 0.3 is 0 Å². The Labute approximate surface area is 128 Å². The highest BCUT2D eigenvalue weighted by Crippen LogP contribution is 2.32. The van der Waals surface area contributed by atoms with Crippen LogP contribution in [0.5, 0.6) is 11.5 Å². The number of hydrogen-bond donors (Lipinski definition) is 0. The van der Waals surface area contributed by atoms with Crippen LogP contribution in [-0.2, 0) is 0 Å². The second-order valence-corrected chi connectivity index (χ2v) is 5.26. The van der Waals surface area contributed by atoms with Crippen LogP contribution in [0.25, 0.3) is 0 Å². The van der Waals surface area contributed by atoms with Gasteiger partial charge in [0.1, 0.15) is 23.5 Å². The Hall–Kier alpha value is -2.62. The molecule has 1 aliphatic rings. The number of rotatable bonds is 3. The maximum Gasteiger partial charge on any atom is 0.181 e. The molecular formula is C18H16O4. The van der Waals surface area contributed by atoms with E-state index >= 15 is 0 Å². The van der Waals surface area contributed by atoms with Gasteiger partial charge in [0.05, 0.1) is 12.7 Å². The summed E-state index contributed by atoms with van der Waals surface area (Å²) in [5.41, 5.74) is 0.911. The van der Waals surface area contributed by atoms with Gasteiger partial charge in [0, 0.05) is 5.56 Å². The smallest absolute Gasteiger partial charge is 0.181 e. The first-order chi connectivity index (χ1) is 10.6. The number of hydrogen-bond acceptors (Lipinski definition) is 4. The van der Waals surface area contributed by atoms with Crippen molar-refractivity contribution in [3.8, 4) is 11.5 Å². The molecule has 0 saturated carbocycles. The number of carbonyl (C=O) groups is 2. The Morgan fingerprint density at radius 3 is 2.68 bits per heavy atom. The van der Waals surface area contributed by atoms with Crippen molar-refractivity contribution in [1.29, 1.82) is 0 Å². The standard InChI is InChI=1S/C18H16O4/c1-11-16(17(19)12-6-5-7-13(10-12)21-2)18(20)14-8-3-4-9-15(14)22-11/h3-11,16H,1-2H3/t11-,16?/m0/s1. The molecule has 0 bridgehead atoms. The van der Waals surface area contributed by atoms with Gasteiger partial charge in [0.15, 0.2) is 11.6 Å². The second-order valence-electron chi connectivity index (χ2n) is 5.26. The van der Waals surface area contributed by atoms with Crippen molar-refractivity contribution in [2.24, 2.45) is 5.92 Å². The van der Waals surface area contributed by atoms with Gasteiger partial charge in [0.25, 0.3) is 0 Å². The summed E-state index contributed by atoms with van der Waals surface area (Å²) >= 11 is 0. The third kappa shape index (κ3) is 2.37. The molecule has 0 radical (unpaired) electrons. The van der Waals surface area contributed by atoms with Gasteiger partial charge in [-0.25, -0.2) is 0 Å². The van der Waals surface area contributed by atoms with Gasteiger partial charge in [-0.2, -0.15) is 0 Å². The minimum absolute atomic E-state index is 0.192. The molecule has 4 nitrogen and oxygen atoms in total. The van der Waals surface area contributed by atoms with Crippen LogP contribution in [0.1, 0.15) is 27.6 Å². The molecule has 1 unspecified atom stereocenters. The minimum atomic E-state index is -0.831. The average molecular weight is 296 g/mol. The molecule has 0 spiro atoms. The lowest BCUT2D eigenvalue weighted by Gasteiger charge is -2.29. The average Bonchev–Trinajstić information content (AvgIpc) is 2.54. The Balaban J connectivity index is 1.97. The van der Waals surface area contributed by atoms with Crippen LogP contribution in [0.4, 0.5) is 0 Å². The lowest BCUT2D eigenvalue weighted by Crippen LogP contribution is -2.40. The van der Waals surface area contributed by atoms with Crippen LogP contribution in [0.2, 0.25) is 0 Å². The molecule has 3 rings (SSSR count). The normalized spacial score (nSPS) is 20.0. The quantitative estimate of drug-likeness (QED) is 0.645. The lowest BCUT2D eigenvalue weighted by molar-refractivity contribution is 0.0606. The largest absolute Gasteiger partial charge is 0.497 e. The summed E-state index contributed by atoms with van der Waals surface area (Å²) in [7, 11) is 1.54. The van der Waals surface area contributed by atoms with Crippen molar-refractivity contribution in [1.82, 2.24) is 0 Å². The maximum absolute atomic E-state index is 12.7. The number of Topliss-reactive ketones (excluding diaryl/α,β-unsaturated/α-hetero) is 2. The van der Waals surface area contributed by atoms with Gasteiger partial charge in [-0.15, -0.1) is 0 Å². The van der Waals surface area contributed by atoms with Crippen molar-refractivity contribution >= 4 is 11.6 Å². The van der Waals surface area contributed by atoms with E-state index in [4.69, 9.17) is 9.47 Å². The maximum atomic E-state index is 12.7. The van der Waals surface area contributed by atoms with Crippen LogP contribution >= 0.6 is 0 Å². The first-order valence-corrected chi connectivity index (χ1v) is 7.10. The first-order valence-electron chi connectivity index (χ1n) is 7.10. The summed E-state index contributed by atoms with van der Waals surface area (Å²) in [5, 5.41) is 0. The number of ketones is 2. The van der Waals surface area contributed by atoms with E-state index in [0.29, 0.717) is 22.6 Å². The van der Waals surface area contributed by atoms with Gasteiger partial charge in [-0.3, -0.25) is 9.59 Å². The fourth-order valence-corrected chi connectivity index (χ4v) is 2.71. The third-order valence-electron chi connectivity index (χ3n) is 3.85. The van der Waals surface area contributed by atoms with E-state index in [1.165, 1.54) is 7.11 Å². The molecule has 4 heteroatoms. The molecular weight excluding hydrogens is 280 g/mol. The topological polar surface area (TPSA) is 52.6 Å². The molecule has 0 aromatic heterocycles. The van der Waals surface area contributed by atoms with Gasteiger partial charge in [-0.1, -0.05) is 24.3 Å². The zero-order valence-corrected chi connectivity index (χ0v) is 12.4. The monoisotopic (exact) mass is 296 g/mol. The summed E-state index contributed by atoms with van der Waals surface area (Å²) in [6, 6.07) is 13.8. The molecule has 1 heterocycles. The molecule has 22 heavy (non-hydrogen) atoms. The first kappa shape index (κ1) is 14.3. The molecule has 2 aromatic carbocycles. The number of fused-ring (bicyclic) bond motifs is 1. The molecule has 0 N–H and O–H groups in total. The predicted molar refractivity (Wildman–Crippen MR) is 81.7 cm³/mol. The van der Waals surface area contributed by atoms with Crippen LogP contribution in [0, 0.1) is 5.92 Å². The van der Waals surface area contributed by atoms with E-state index < -0.39 is 12.0 Å². The zero-order chi connectivity index (χ0) is 15.7. The van der Waals surface area contributed by atoms with Gasteiger partial charge < -0.3 is 9.47 Å². The number of carbonyl (C=O) groups excluding carboxylic acids is 2. The summed E-state index contributed by atoms with van der Waals surface area (Å²) in [4.78, 5) is 25.4. The third-order valence-corrected chi connectivity index (χ3v) is 3.85. The Kier molecular flexibility index (Phi) is 3.67. The van der Waals surface area contributed by atoms with E-state index in [0.717, 1.165) is 0 Å². The molecule has 2 aromatic rings. The summed E-state index contributed by atoms with van der Waals surface area (Å²) < 4.78 is 10.9. The van der Waals surface area contributed by atoms with Gasteiger partial charge in [-0.05, 0) is 31.2 Å². The van der Waals surface area contributed by atoms with Crippen molar-refractivity contribution in [2.75, 3.05) is 7.11 Å².